The third-order valence-electron chi connectivity index (χ3n) is 9.58. The molecule has 1 saturated heterocycles. The lowest BCUT2D eigenvalue weighted by Gasteiger charge is -2.38. The molecule has 9 nitrogen and oxygen atoms in total. The third-order valence-corrected chi connectivity index (χ3v) is 10.1. The summed E-state index contributed by atoms with van der Waals surface area (Å²) in [7, 11) is 0. The van der Waals surface area contributed by atoms with Gasteiger partial charge < -0.3 is 15.0 Å². The third kappa shape index (κ3) is 10.2. The van der Waals surface area contributed by atoms with E-state index in [1.165, 1.54) is 0 Å². The van der Waals surface area contributed by atoms with Crippen LogP contribution in [0.5, 0.6) is 5.75 Å². The molecule has 0 bridgehead atoms. The van der Waals surface area contributed by atoms with Crippen LogP contribution in [0.4, 0.5) is 10.5 Å². The van der Waals surface area contributed by atoms with Crippen LogP contribution in [0.3, 0.4) is 0 Å². The first-order valence-corrected chi connectivity index (χ1v) is 18.8. The summed E-state index contributed by atoms with van der Waals surface area (Å²) in [4.78, 5) is 45.8. The van der Waals surface area contributed by atoms with Crippen LogP contribution in [0.25, 0.3) is 0 Å². The van der Waals surface area contributed by atoms with E-state index in [2.05, 4.69) is 51.0 Å². The highest BCUT2D eigenvalue weighted by molar-refractivity contribution is 6.31. The zero-order valence-electron chi connectivity index (χ0n) is 31.0. The van der Waals surface area contributed by atoms with Crippen LogP contribution >= 0.6 is 23.2 Å². The Labute approximate surface area is 318 Å². The highest BCUT2D eigenvalue weighted by Crippen LogP contribution is 2.35. The van der Waals surface area contributed by atoms with E-state index in [0.717, 1.165) is 11.3 Å². The van der Waals surface area contributed by atoms with Crippen LogP contribution in [0.15, 0.2) is 89.3 Å². The summed E-state index contributed by atoms with van der Waals surface area (Å²) in [6.07, 6.45) is 13.6. The minimum absolute atomic E-state index is 0.0309. The maximum absolute atomic E-state index is 14.9. The quantitative estimate of drug-likeness (QED) is 0.165. The molecular weight excluding hydrogens is 695 g/mol. The van der Waals surface area contributed by atoms with Crippen LogP contribution in [-0.2, 0) is 16.8 Å². The number of urea groups is 1. The van der Waals surface area contributed by atoms with Crippen molar-refractivity contribution in [1.82, 2.24) is 19.8 Å². The Hall–Kier alpha value is -4.21. The summed E-state index contributed by atoms with van der Waals surface area (Å²) in [5.41, 5.74) is 2.22. The summed E-state index contributed by atoms with van der Waals surface area (Å²) in [6, 6.07) is 12.9. The van der Waals surface area contributed by atoms with Gasteiger partial charge in [-0.15, -0.1) is 0 Å². The van der Waals surface area contributed by atoms with Crippen LogP contribution in [0.2, 0.25) is 5.02 Å². The fourth-order valence-electron chi connectivity index (χ4n) is 6.45. The highest BCUT2D eigenvalue weighted by Gasteiger charge is 2.35. The summed E-state index contributed by atoms with van der Waals surface area (Å²) in [5, 5.41) is 4.25. The van der Waals surface area contributed by atoms with E-state index in [-0.39, 0.29) is 35.7 Å². The first-order chi connectivity index (χ1) is 24.7. The molecule has 3 aromatic rings. The molecule has 0 saturated carbocycles. The molecule has 1 N–H and O–H groups in total. The molecule has 3 amide bonds. The first kappa shape index (κ1) is 39.0. The first-order valence-electron chi connectivity index (χ1n) is 18.0. The summed E-state index contributed by atoms with van der Waals surface area (Å²) >= 11 is 12.6. The van der Waals surface area contributed by atoms with Crippen molar-refractivity contribution in [2.75, 3.05) is 25.0 Å². The number of aromatic nitrogens is 2. The zero-order valence-corrected chi connectivity index (χ0v) is 32.5. The van der Waals surface area contributed by atoms with Gasteiger partial charge in [0.2, 0.25) is 5.91 Å². The van der Waals surface area contributed by atoms with E-state index in [9.17, 15) is 9.59 Å². The van der Waals surface area contributed by atoms with Crippen molar-refractivity contribution in [3.05, 3.63) is 106 Å². The van der Waals surface area contributed by atoms with Gasteiger partial charge in [0, 0.05) is 65.1 Å². The van der Waals surface area contributed by atoms with Gasteiger partial charge in [-0.1, -0.05) is 68.3 Å². The number of halogens is 2. The smallest absolute Gasteiger partial charge is 0.325 e. The van der Waals surface area contributed by atoms with E-state index >= 15 is 0 Å². The number of likely N-dealkylation sites (tertiary alicyclic amines) is 1. The molecule has 2 aromatic heterocycles. The van der Waals surface area contributed by atoms with Crippen LogP contribution in [0, 0.1) is 11.8 Å². The number of nitrogens with zero attached hydrogens (tertiary/aromatic N) is 5. The average Bonchev–Trinajstić information content (AvgIpc) is 3.11. The van der Waals surface area contributed by atoms with E-state index in [1.54, 1.807) is 29.6 Å². The molecule has 0 spiro atoms. The largest absolute Gasteiger partial charge is 0.493 e. The molecule has 1 unspecified atom stereocenters. The molecule has 276 valence electrons. The molecule has 3 heterocycles. The van der Waals surface area contributed by atoms with Gasteiger partial charge in [0.15, 0.2) is 0 Å². The second kappa shape index (κ2) is 17.1. The normalized spacial score (nSPS) is 17.1. The lowest BCUT2D eigenvalue weighted by atomic mass is 9.83. The van der Waals surface area contributed by atoms with Crippen LogP contribution < -0.4 is 10.1 Å². The van der Waals surface area contributed by atoms with Gasteiger partial charge >= 0.3 is 6.03 Å². The summed E-state index contributed by atoms with van der Waals surface area (Å²) in [6.45, 7) is 14.1. The van der Waals surface area contributed by atoms with Gasteiger partial charge in [-0.05, 0) is 81.9 Å². The number of pyridine rings is 2. The maximum Gasteiger partial charge on any atom is 0.325 e. The number of amidine groups is 1. The van der Waals surface area contributed by atoms with Crippen LogP contribution in [0.1, 0.15) is 84.0 Å². The van der Waals surface area contributed by atoms with Crippen molar-refractivity contribution in [3.63, 3.8) is 0 Å². The van der Waals surface area contributed by atoms with E-state index in [0.29, 0.717) is 78.3 Å². The number of benzene rings is 1. The molecule has 52 heavy (non-hydrogen) atoms. The molecule has 1 fully saturated rings. The van der Waals surface area contributed by atoms with Gasteiger partial charge in [-0.2, -0.15) is 0 Å². The van der Waals surface area contributed by atoms with E-state index in [4.69, 9.17) is 37.9 Å². The predicted molar refractivity (Wildman–Crippen MR) is 210 cm³/mol. The molecule has 1 atom stereocenters. The van der Waals surface area contributed by atoms with Crippen molar-refractivity contribution in [3.8, 4) is 5.75 Å². The van der Waals surface area contributed by atoms with Crippen molar-refractivity contribution in [1.29, 1.82) is 0 Å². The number of carbonyl (C=O) groups is 2. The number of ether oxygens (including phenoxy) is 1. The molecule has 11 heteroatoms. The Morgan fingerprint density at radius 1 is 1.06 bits per heavy atom. The van der Waals surface area contributed by atoms with Crippen molar-refractivity contribution in [2.45, 2.75) is 84.7 Å². The number of amides is 3. The molecule has 1 aliphatic heterocycles. The minimum atomic E-state index is -0.640. The van der Waals surface area contributed by atoms with Gasteiger partial charge in [-0.3, -0.25) is 24.7 Å². The van der Waals surface area contributed by atoms with Gasteiger partial charge in [0.25, 0.3) is 0 Å². The monoisotopic (exact) mass is 744 g/mol. The van der Waals surface area contributed by atoms with Crippen LogP contribution in [-0.4, -0.2) is 62.8 Å². The van der Waals surface area contributed by atoms with Gasteiger partial charge in [0.05, 0.1) is 36.1 Å². The number of aliphatic imine (C=N–C) groups is 1. The standard InChI is InChI=1S/C41H50Cl2N6O3/c1-7-52-35-24-36(40(2,3)4)45-26-34(35)38(47-41(5,6)30-12-16-32(43)17-13-30)49(27-29-10-14-31(42)15-11-29)39(51)48-21-18-28(19-22-48)23-37(50)46-33-9-8-20-44-25-33/h8-12,14-17,20,24-26,28,30H,7,13,18-19,21-23,27H2,1-6H3,(H,46,50). The molecule has 1 aliphatic carbocycles. The molecule has 5 rings (SSSR count). The number of carbonyl (C=O) groups excluding carboxylic acids is 2. The average molecular weight is 746 g/mol. The van der Waals surface area contributed by atoms with Crippen molar-refractivity contribution >= 4 is 46.7 Å². The molecule has 0 radical (unpaired) electrons. The van der Waals surface area contributed by atoms with Gasteiger partial charge in [-0.25, -0.2) is 4.79 Å². The fraction of sp³-hybridized carbons (Fsp3) is 0.439. The number of allylic oxidation sites excluding steroid dienone is 3. The second-order valence-electron chi connectivity index (χ2n) is 15.0. The Morgan fingerprint density at radius 3 is 2.40 bits per heavy atom. The number of rotatable bonds is 10. The number of anilines is 1. The van der Waals surface area contributed by atoms with E-state index in [1.807, 2.05) is 60.4 Å². The fourth-order valence-corrected chi connectivity index (χ4v) is 6.73. The lowest BCUT2D eigenvalue weighted by molar-refractivity contribution is -0.117. The second-order valence-corrected chi connectivity index (χ2v) is 15.9. The SMILES string of the molecule is CCOc1cc(C(C)(C)C)ncc1C(=NC(C)(C)C1C=CC(Cl)=CC1)N(Cc1ccc(Cl)cc1)C(=O)N1CCC(CC(=O)Nc2cccnc2)CC1. The number of hydrogen-bond acceptors (Lipinski definition) is 6. The van der Waals surface area contributed by atoms with Crippen molar-refractivity contribution < 1.29 is 14.3 Å². The summed E-state index contributed by atoms with van der Waals surface area (Å²) in [5.74, 6) is 1.22. The number of nitrogens with one attached hydrogen (secondary N) is 1. The molecule has 2 aliphatic rings. The highest BCUT2D eigenvalue weighted by atomic mass is 35.5. The predicted octanol–water partition coefficient (Wildman–Crippen LogP) is 9.41. The topological polar surface area (TPSA) is 100 Å². The number of hydrogen-bond donors (Lipinski definition) is 1. The maximum atomic E-state index is 14.9. The van der Waals surface area contributed by atoms with E-state index < -0.39 is 5.54 Å². The Kier molecular flexibility index (Phi) is 12.8. The lowest BCUT2D eigenvalue weighted by Crippen LogP contribution is -2.50. The summed E-state index contributed by atoms with van der Waals surface area (Å²) < 4.78 is 6.29. The van der Waals surface area contributed by atoms with Crippen molar-refractivity contribution in [2.24, 2.45) is 16.8 Å². The number of piperidine rings is 1. The van der Waals surface area contributed by atoms with Gasteiger partial charge in [0.1, 0.15) is 11.6 Å². The zero-order chi connectivity index (χ0) is 37.5. The minimum Gasteiger partial charge on any atom is -0.493 e. The Balaban J connectivity index is 1.51. The molecular formula is C41H50Cl2N6O3. The Morgan fingerprint density at radius 2 is 1.79 bits per heavy atom. The molecule has 1 aromatic carbocycles. The Bertz CT molecular complexity index is 1790.